The summed E-state index contributed by atoms with van der Waals surface area (Å²) in [6.45, 7) is 3.69. The second kappa shape index (κ2) is 6.67. The van der Waals surface area contributed by atoms with Gasteiger partial charge in [-0.25, -0.2) is 0 Å². The molecule has 1 fully saturated rings. The maximum Gasteiger partial charge on any atom is 0.253 e. The van der Waals surface area contributed by atoms with Crippen molar-refractivity contribution in [3.05, 3.63) is 29.8 Å². The van der Waals surface area contributed by atoms with Crippen LogP contribution >= 0.6 is 23.4 Å². The van der Waals surface area contributed by atoms with Gasteiger partial charge in [0.05, 0.1) is 0 Å². The van der Waals surface area contributed by atoms with Crippen LogP contribution < -0.4 is 0 Å². The number of carbonyl (C=O) groups excluding carboxylic acids is 1. The highest BCUT2D eigenvalue weighted by Crippen LogP contribution is 2.25. The Bertz CT molecular complexity index is 424. The van der Waals surface area contributed by atoms with Crippen molar-refractivity contribution < 1.29 is 4.79 Å². The molecule has 4 heteroatoms. The first-order chi connectivity index (χ1) is 9.11. The minimum atomic E-state index is 0.147. The van der Waals surface area contributed by atoms with Gasteiger partial charge in [-0.15, -0.1) is 23.4 Å². The largest absolute Gasteiger partial charge is 0.339 e. The van der Waals surface area contributed by atoms with Crippen LogP contribution in [-0.4, -0.2) is 35.5 Å². The third-order valence-electron chi connectivity index (χ3n) is 3.81. The number of thioether (sulfide) groups is 1. The van der Waals surface area contributed by atoms with E-state index in [1.54, 1.807) is 11.8 Å². The van der Waals surface area contributed by atoms with Gasteiger partial charge in [0.1, 0.15) is 0 Å². The van der Waals surface area contributed by atoms with E-state index in [2.05, 4.69) is 0 Å². The average Bonchev–Trinajstić information content (AvgIpc) is 2.46. The van der Waals surface area contributed by atoms with Gasteiger partial charge in [0.15, 0.2) is 0 Å². The van der Waals surface area contributed by atoms with Crippen molar-refractivity contribution in [3.63, 3.8) is 0 Å². The van der Waals surface area contributed by atoms with E-state index in [-0.39, 0.29) is 11.3 Å². The van der Waals surface area contributed by atoms with Gasteiger partial charge in [0.25, 0.3) is 5.91 Å². The predicted octanol–water partition coefficient (Wildman–Crippen LogP) is 3.89. The van der Waals surface area contributed by atoms with Gasteiger partial charge in [-0.1, -0.05) is 0 Å². The molecule has 0 N–H and O–H groups in total. The lowest BCUT2D eigenvalue weighted by Crippen LogP contribution is -2.40. The number of alkyl halides is 1. The summed E-state index contributed by atoms with van der Waals surface area (Å²) in [7, 11) is 0. The van der Waals surface area contributed by atoms with Gasteiger partial charge in [-0.3, -0.25) is 4.79 Å². The number of hydrogen-bond acceptors (Lipinski definition) is 2. The van der Waals surface area contributed by atoms with Crippen molar-refractivity contribution in [2.24, 2.45) is 5.92 Å². The maximum atomic E-state index is 12.4. The third kappa shape index (κ3) is 3.67. The van der Waals surface area contributed by atoms with Crippen LogP contribution in [-0.2, 0) is 0 Å². The molecule has 1 aliphatic rings. The highest BCUT2D eigenvalue weighted by atomic mass is 35.5. The number of amides is 1. The van der Waals surface area contributed by atoms with Gasteiger partial charge in [-0.05, 0) is 56.2 Å². The molecule has 2 nitrogen and oxygen atoms in total. The molecule has 0 radical (unpaired) electrons. The molecule has 0 aliphatic carbocycles. The second-order valence-corrected chi connectivity index (χ2v) is 6.60. The first-order valence-corrected chi connectivity index (χ1v) is 8.35. The number of halogens is 1. The highest BCUT2D eigenvalue weighted by Gasteiger charge is 2.25. The van der Waals surface area contributed by atoms with Gasteiger partial charge < -0.3 is 4.90 Å². The van der Waals surface area contributed by atoms with Crippen LogP contribution in [0.15, 0.2) is 29.2 Å². The number of likely N-dealkylation sites (tertiary alicyclic amines) is 1. The monoisotopic (exact) mass is 297 g/mol. The molecular weight excluding hydrogens is 278 g/mol. The van der Waals surface area contributed by atoms with Gasteiger partial charge in [0.2, 0.25) is 0 Å². The fourth-order valence-electron chi connectivity index (χ4n) is 2.48. The molecule has 1 heterocycles. The first-order valence-electron chi connectivity index (χ1n) is 6.69. The SMILES string of the molecule is CSc1ccc(C(=O)N2CCC(C(C)Cl)CC2)cc1. The average molecular weight is 298 g/mol. The van der Waals surface area contributed by atoms with E-state index in [0.717, 1.165) is 31.5 Å². The Morgan fingerprint density at radius 3 is 2.37 bits per heavy atom. The van der Waals surface area contributed by atoms with Crippen molar-refractivity contribution in [2.75, 3.05) is 19.3 Å². The lowest BCUT2D eigenvalue weighted by molar-refractivity contribution is 0.0690. The Morgan fingerprint density at radius 2 is 1.89 bits per heavy atom. The van der Waals surface area contributed by atoms with E-state index < -0.39 is 0 Å². The Labute approximate surface area is 124 Å². The lowest BCUT2D eigenvalue weighted by Gasteiger charge is -2.33. The Balaban J connectivity index is 1.97. The van der Waals surface area contributed by atoms with Crippen LogP contribution in [0.2, 0.25) is 0 Å². The van der Waals surface area contributed by atoms with Crippen molar-refractivity contribution in [1.82, 2.24) is 4.90 Å². The summed E-state index contributed by atoms with van der Waals surface area (Å²) in [4.78, 5) is 15.5. The molecular formula is C15H20ClNOS. The fourth-order valence-corrected chi connectivity index (χ4v) is 3.14. The minimum Gasteiger partial charge on any atom is -0.339 e. The molecule has 2 rings (SSSR count). The highest BCUT2D eigenvalue weighted by molar-refractivity contribution is 7.98. The van der Waals surface area contributed by atoms with Crippen molar-refractivity contribution in [3.8, 4) is 0 Å². The molecule has 0 bridgehead atoms. The summed E-state index contributed by atoms with van der Waals surface area (Å²) < 4.78 is 0. The molecule has 1 amide bonds. The van der Waals surface area contributed by atoms with Crippen molar-refractivity contribution in [1.29, 1.82) is 0 Å². The topological polar surface area (TPSA) is 20.3 Å². The number of rotatable bonds is 3. The number of nitrogens with zero attached hydrogens (tertiary/aromatic N) is 1. The predicted molar refractivity (Wildman–Crippen MR) is 82.2 cm³/mol. The lowest BCUT2D eigenvalue weighted by atomic mass is 9.93. The summed E-state index contributed by atoms with van der Waals surface area (Å²) in [5.41, 5.74) is 0.787. The molecule has 1 atom stereocenters. The fraction of sp³-hybridized carbons (Fsp3) is 0.533. The summed E-state index contributed by atoms with van der Waals surface area (Å²) in [6.07, 6.45) is 4.06. The molecule has 1 unspecified atom stereocenters. The van der Waals surface area contributed by atoms with E-state index in [1.165, 1.54) is 4.90 Å². The van der Waals surface area contributed by atoms with Gasteiger partial charge in [0, 0.05) is 28.9 Å². The molecule has 1 aromatic carbocycles. The van der Waals surface area contributed by atoms with Crippen LogP contribution in [0.25, 0.3) is 0 Å². The molecule has 0 aromatic heterocycles. The van der Waals surface area contributed by atoms with Crippen molar-refractivity contribution >= 4 is 29.3 Å². The summed E-state index contributed by atoms with van der Waals surface area (Å²) in [5.74, 6) is 0.693. The van der Waals surface area contributed by atoms with Crippen LogP contribution in [0.1, 0.15) is 30.1 Å². The standard InChI is InChI=1S/C15H20ClNOS/c1-11(16)12-7-9-17(10-8-12)15(18)13-3-5-14(19-2)6-4-13/h3-6,11-12H,7-10H2,1-2H3. The molecule has 1 saturated heterocycles. The Morgan fingerprint density at radius 1 is 1.32 bits per heavy atom. The van der Waals surface area contributed by atoms with E-state index in [4.69, 9.17) is 11.6 Å². The number of piperidine rings is 1. The van der Waals surface area contributed by atoms with E-state index in [1.807, 2.05) is 42.3 Å². The zero-order valence-electron chi connectivity index (χ0n) is 11.4. The Kier molecular flexibility index (Phi) is 5.17. The maximum absolute atomic E-state index is 12.4. The number of hydrogen-bond donors (Lipinski definition) is 0. The summed E-state index contributed by atoms with van der Waals surface area (Å²) in [5, 5.41) is 0.207. The van der Waals surface area contributed by atoms with Crippen LogP contribution in [0.3, 0.4) is 0 Å². The van der Waals surface area contributed by atoms with E-state index in [9.17, 15) is 4.79 Å². The molecule has 104 valence electrons. The van der Waals surface area contributed by atoms with Crippen LogP contribution in [0.4, 0.5) is 0 Å². The van der Waals surface area contributed by atoms with Gasteiger partial charge >= 0.3 is 0 Å². The quantitative estimate of drug-likeness (QED) is 0.623. The number of benzene rings is 1. The zero-order chi connectivity index (χ0) is 13.8. The third-order valence-corrected chi connectivity index (χ3v) is 4.91. The van der Waals surface area contributed by atoms with Crippen LogP contribution in [0, 0.1) is 5.92 Å². The molecule has 19 heavy (non-hydrogen) atoms. The van der Waals surface area contributed by atoms with E-state index >= 15 is 0 Å². The number of carbonyl (C=O) groups is 1. The summed E-state index contributed by atoms with van der Waals surface area (Å²) in [6, 6.07) is 7.85. The molecule has 0 saturated carbocycles. The first kappa shape index (κ1) is 14.7. The molecule has 1 aliphatic heterocycles. The summed E-state index contributed by atoms with van der Waals surface area (Å²) >= 11 is 7.82. The Hall–Kier alpha value is -0.670. The molecule has 1 aromatic rings. The molecule has 0 spiro atoms. The van der Waals surface area contributed by atoms with Gasteiger partial charge in [-0.2, -0.15) is 0 Å². The van der Waals surface area contributed by atoms with Crippen molar-refractivity contribution in [2.45, 2.75) is 30.0 Å². The smallest absolute Gasteiger partial charge is 0.253 e. The zero-order valence-corrected chi connectivity index (χ0v) is 13.0. The normalized spacial score (nSPS) is 18.4. The van der Waals surface area contributed by atoms with E-state index in [0.29, 0.717) is 5.92 Å². The van der Waals surface area contributed by atoms with Crippen LogP contribution in [0.5, 0.6) is 0 Å². The second-order valence-electron chi connectivity index (χ2n) is 5.04. The minimum absolute atomic E-state index is 0.147.